The second-order valence-corrected chi connectivity index (χ2v) is 6.84. The summed E-state index contributed by atoms with van der Waals surface area (Å²) in [5.74, 6) is 0.349. The van der Waals surface area contributed by atoms with Crippen LogP contribution in [0, 0.1) is 0 Å². The number of hydrogen-bond donors (Lipinski definition) is 1. The van der Waals surface area contributed by atoms with Gasteiger partial charge >= 0.3 is 0 Å². The van der Waals surface area contributed by atoms with Crippen molar-refractivity contribution in [3.63, 3.8) is 0 Å². The summed E-state index contributed by atoms with van der Waals surface area (Å²) in [7, 11) is 1.76. The topological polar surface area (TPSA) is 81.9 Å². The van der Waals surface area contributed by atoms with Crippen LogP contribution in [-0.4, -0.2) is 50.1 Å². The van der Waals surface area contributed by atoms with Crippen LogP contribution in [-0.2, 0) is 16.6 Å². The van der Waals surface area contributed by atoms with Gasteiger partial charge in [0.05, 0.1) is 24.0 Å². The van der Waals surface area contributed by atoms with Crippen molar-refractivity contribution in [1.29, 1.82) is 0 Å². The number of tetrazole rings is 1. The highest BCUT2D eigenvalue weighted by molar-refractivity contribution is 7.99. The van der Waals surface area contributed by atoms with Gasteiger partial charge in [-0.1, -0.05) is 31.0 Å². The van der Waals surface area contributed by atoms with E-state index in [0.717, 1.165) is 19.3 Å². The molecule has 1 aromatic heterocycles. The van der Waals surface area contributed by atoms with Gasteiger partial charge in [-0.2, -0.15) is 0 Å². The lowest BCUT2D eigenvalue weighted by Gasteiger charge is -2.32. The molecule has 1 aromatic rings. The molecular weight excluding hydrogens is 290 g/mol. The van der Waals surface area contributed by atoms with Crippen molar-refractivity contribution in [2.75, 3.05) is 12.4 Å². The number of thioether (sulfide) groups is 1. The maximum Gasteiger partial charge on any atom is 0.230 e. The zero-order chi connectivity index (χ0) is 14.7. The van der Waals surface area contributed by atoms with Gasteiger partial charge in [0.2, 0.25) is 11.1 Å². The normalized spacial score (nSPS) is 24.3. The highest BCUT2D eigenvalue weighted by Gasteiger charge is 2.41. The Morgan fingerprint density at radius 3 is 3.00 bits per heavy atom. The number of carbonyl (C=O) groups is 1. The monoisotopic (exact) mass is 311 g/mol. The standard InChI is InChI=1S/C13H21N5O2S/c1-18-12(15-16-17-18)21-9-11(19)14-10-7-13(20-8-10)5-3-2-4-6-13/h10H,2-9H2,1H3,(H,14,19). The summed E-state index contributed by atoms with van der Waals surface area (Å²) < 4.78 is 7.57. The van der Waals surface area contributed by atoms with Crippen LogP contribution >= 0.6 is 11.8 Å². The fraction of sp³-hybridized carbons (Fsp3) is 0.846. The molecule has 7 nitrogen and oxygen atoms in total. The molecule has 0 aromatic carbocycles. The molecule has 8 heteroatoms. The van der Waals surface area contributed by atoms with Gasteiger partial charge in [-0.3, -0.25) is 4.79 Å². The van der Waals surface area contributed by atoms with Crippen LogP contribution in [0.4, 0.5) is 0 Å². The fourth-order valence-electron chi connectivity index (χ4n) is 3.22. The average molecular weight is 311 g/mol. The molecule has 1 atom stereocenters. The van der Waals surface area contributed by atoms with Crippen LogP contribution in [0.3, 0.4) is 0 Å². The van der Waals surface area contributed by atoms with E-state index in [2.05, 4.69) is 20.8 Å². The molecule has 1 saturated heterocycles. The van der Waals surface area contributed by atoms with Crippen LogP contribution in [0.25, 0.3) is 0 Å². The SMILES string of the molecule is Cn1nnnc1SCC(=O)NC1COC2(CCCCC2)C1. The molecule has 1 unspecified atom stereocenters. The lowest BCUT2D eigenvalue weighted by atomic mass is 9.82. The van der Waals surface area contributed by atoms with E-state index in [0.29, 0.717) is 17.5 Å². The Bertz CT molecular complexity index is 501. The number of hydrogen-bond acceptors (Lipinski definition) is 6. The Morgan fingerprint density at radius 1 is 1.48 bits per heavy atom. The van der Waals surface area contributed by atoms with Crippen LogP contribution in [0.5, 0.6) is 0 Å². The first-order valence-electron chi connectivity index (χ1n) is 7.45. The summed E-state index contributed by atoms with van der Waals surface area (Å²) in [4.78, 5) is 12.0. The first-order chi connectivity index (χ1) is 10.2. The number of ether oxygens (including phenoxy) is 1. The van der Waals surface area contributed by atoms with E-state index >= 15 is 0 Å². The van der Waals surface area contributed by atoms with Crippen molar-refractivity contribution in [3.8, 4) is 0 Å². The van der Waals surface area contributed by atoms with E-state index < -0.39 is 0 Å². The third kappa shape index (κ3) is 3.55. The van der Waals surface area contributed by atoms with Crippen molar-refractivity contribution in [1.82, 2.24) is 25.5 Å². The maximum absolute atomic E-state index is 12.0. The molecule has 1 N–H and O–H groups in total. The van der Waals surface area contributed by atoms with Gasteiger partial charge in [-0.15, -0.1) is 5.10 Å². The second kappa shape index (κ2) is 6.31. The van der Waals surface area contributed by atoms with Crippen molar-refractivity contribution in [2.45, 2.75) is 55.3 Å². The van der Waals surface area contributed by atoms with Crippen molar-refractivity contribution in [3.05, 3.63) is 0 Å². The largest absolute Gasteiger partial charge is 0.373 e. The van der Waals surface area contributed by atoms with Gasteiger partial charge in [0.1, 0.15) is 0 Å². The first kappa shape index (κ1) is 14.8. The first-order valence-corrected chi connectivity index (χ1v) is 8.44. The summed E-state index contributed by atoms with van der Waals surface area (Å²) in [5.41, 5.74) is 0.0385. The third-order valence-corrected chi connectivity index (χ3v) is 5.26. The molecule has 3 rings (SSSR count). The molecular formula is C13H21N5O2S. The lowest BCUT2D eigenvalue weighted by molar-refractivity contribution is -0.119. The van der Waals surface area contributed by atoms with Crippen LogP contribution in [0.15, 0.2) is 5.16 Å². The van der Waals surface area contributed by atoms with Crippen molar-refractivity contribution in [2.24, 2.45) is 7.05 Å². The van der Waals surface area contributed by atoms with Gasteiger partial charge in [0, 0.05) is 7.05 Å². The van der Waals surface area contributed by atoms with Gasteiger partial charge in [0.25, 0.3) is 0 Å². The van der Waals surface area contributed by atoms with E-state index in [-0.39, 0.29) is 17.6 Å². The molecule has 1 aliphatic heterocycles. The summed E-state index contributed by atoms with van der Waals surface area (Å²) in [6, 6.07) is 0.147. The van der Waals surface area contributed by atoms with Crippen LogP contribution in [0.2, 0.25) is 0 Å². The molecule has 0 bridgehead atoms. The summed E-state index contributed by atoms with van der Waals surface area (Å²) in [5, 5.41) is 14.9. The highest BCUT2D eigenvalue weighted by Crippen LogP contribution is 2.39. The average Bonchev–Trinajstić information content (AvgIpc) is 3.05. The van der Waals surface area contributed by atoms with E-state index in [4.69, 9.17) is 4.74 Å². The Labute approximate surface area is 128 Å². The van der Waals surface area contributed by atoms with Crippen LogP contribution < -0.4 is 5.32 Å². The molecule has 1 spiro atoms. The summed E-state index contributed by atoms with van der Waals surface area (Å²) in [6.45, 7) is 0.641. The van der Waals surface area contributed by atoms with Crippen molar-refractivity contribution < 1.29 is 9.53 Å². The fourth-order valence-corrected chi connectivity index (χ4v) is 3.89. The van der Waals surface area contributed by atoms with Gasteiger partial charge in [0.15, 0.2) is 0 Å². The number of nitrogens with zero attached hydrogens (tertiary/aromatic N) is 4. The minimum atomic E-state index is 0.0180. The third-order valence-electron chi connectivity index (χ3n) is 4.25. The predicted molar refractivity (Wildman–Crippen MR) is 77.8 cm³/mol. The minimum Gasteiger partial charge on any atom is -0.373 e. The lowest BCUT2D eigenvalue weighted by Crippen LogP contribution is -2.38. The zero-order valence-corrected chi connectivity index (χ0v) is 13.1. The molecule has 2 fully saturated rings. The van der Waals surface area contributed by atoms with Gasteiger partial charge in [-0.25, -0.2) is 4.68 Å². The molecule has 1 aliphatic carbocycles. The summed E-state index contributed by atoms with van der Waals surface area (Å²) in [6.07, 6.45) is 7.03. The number of carbonyl (C=O) groups excluding carboxylic acids is 1. The molecule has 1 saturated carbocycles. The molecule has 116 valence electrons. The van der Waals surface area contributed by atoms with E-state index in [9.17, 15) is 4.79 Å². The van der Waals surface area contributed by atoms with Crippen LogP contribution in [0.1, 0.15) is 38.5 Å². The van der Waals surface area contributed by atoms with Crippen molar-refractivity contribution >= 4 is 17.7 Å². The second-order valence-electron chi connectivity index (χ2n) is 5.90. The number of rotatable bonds is 4. The van der Waals surface area contributed by atoms with Gasteiger partial charge in [-0.05, 0) is 29.7 Å². The quantitative estimate of drug-likeness (QED) is 0.832. The van der Waals surface area contributed by atoms with E-state index in [1.807, 2.05) is 0 Å². The Balaban J connectivity index is 1.44. The van der Waals surface area contributed by atoms with E-state index in [1.54, 1.807) is 11.7 Å². The molecule has 2 heterocycles. The maximum atomic E-state index is 12.0. The number of amides is 1. The number of aryl methyl sites for hydroxylation is 1. The van der Waals surface area contributed by atoms with E-state index in [1.165, 1.54) is 31.0 Å². The zero-order valence-electron chi connectivity index (χ0n) is 12.2. The van der Waals surface area contributed by atoms with Gasteiger partial charge < -0.3 is 10.1 Å². The number of aromatic nitrogens is 4. The number of nitrogens with one attached hydrogen (secondary N) is 1. The summed E-state index contributed by atoms with van der Waals surface area (Å²) >= 11 is 1.35. The highest BCUT2D eigenvalue weighted by atomic mass is 32.2. The molecule has 2 aliphatic rings. The Kier molecular flexibility index (Phi) is 4.44. The molecule has 21 heavy (non-hydrogen) atoms. The minimum absolute atomic E-state index is 0.0180. The predicted octanol–water partition coefficient (Wildman–Crippen LogP) is 0.910. The Morgan fingerprint density at radius 2 is 2.29 bits per heavy atom. The molecule has 1 amide bonds. The molecule has 0 radical (unpaired) electrons. The Hall–Kier alpha value is -1.15. The smallest absolute Gasteiger partial charge is 0.230 e.